The van der Waals surface area contributed by atoms with Gasteiger partial charge in [0.25, 0.3) is 0 Å². The number of imidazole rings is 1. The van der Waals surface area contributed by atoms with Crippen molar-refractivity contribution < 1.29 is 9.53 Å². The first-order valence-electron chi connectivity index (χ1n) is 6.79. The minimum absolute atomic E-state index is 0.367. The summed E-state index contributed by atoms with van der Waals surface area (Å²) < 4.78 is 6.53. The number of ether oxygens (including phenoxy) is 1. The molecule has 3 aromatic heterocycles. The van der Waals surface area contributed by atoms with Gasteiger partial charge in [-0.3, -0.25) is 0 Å². The van der Waals surface area contributed by atoms with Gasteiger partial charge in [0.05, 0.1) is 18.4 Å². The van der Waals surface area contributed by atoms with Crippen LogP contribution in [0.4, 0.5) is 5.82 Å². The van der Waals surface area contributed by atoms with Crippen LogP contribution in [0.25, 0.3) is 16.9 Å². The molecule has 22 heavy (non-hydrogen) atoms. The second-order valence-electron chi connectivity index (χ2n) is 5.10. The van der Waals surface area contributed by atoms with Crippen LogP contribution in [0.5, 0.6) is 0 Å². The summed E-state index contributed by atoms with van der Waals surface area (Å²) >= 11 is 0. The number of carbonyl (C=O) groups excluding carboxylic acids is 1. The van der Waals surface area contributed by atoms with Crippen LogP contribution in [0.1, 0.15) is 10.4 Å². The fraction of sp³-hybridized carbons (Fsp3) is 0.188. The van der Waals surface area contributed by atoms with E-state index in [2.05, 4.69) is 9.97 Å². The van der Waals surface area contributed by atoms with Crippen LogP contribution in [-0.2, 0) is 4.74 Å². The molecule has 0 aliphatic rings. The zero-order chi connectivity index (χ0) is 15.7. The van der Waals surface area contributed by atoms with Crippen molar-refractivity contribution in [1.82, 2.24) is 14.4 Å². The third-order valence-corrected chi connectivity index (χ3v) is 3.37. The van der Waals surface area contributed by atoms with Gasteiger partial charge in [0.15, 0.2) is 0 Å². The van der Waals surface area contributed by atoms with Gasteiger partial charge in [-0.25, -0.2) is 14.8 Å². The highest BCUT2D eigenvalue weighted by Crippen LogP contribution is 2.20. The van der Waals surface area contributed by atoms with Crippen LogP contribution < -0.4 is 4.90 Å². The first-order valence-corrected chi connectivity index (χ1v) is 6.79. The number of nitrogens with zero attached hydrogens (tertiary/aromatic N) is 4. The van der Waals surface area contributed by atoms with Gasteiger partial charge in [0.1, 0.15) is 11.5 Å². The van der Waals surface area contributed by atoms with Crippen molar-refractivity contribution in [2.75, 3.05) is 26.1 Å². The average molecular weight is 296 g/mol. The zero-order valence-corrected chi connectivity index (χ0v) is 12.6. The Hall–Kier alpha value is -2.89. The van der Waals surface area contributed by atoms with Crippen LogP contribution in [0.15, 0.2) is 42.9 Å². The predicted molar refractivity (Wildman–Crippen MR) is 84.1 cm³/mol. The standard InChI is InChI=1S/C16H16N4O2/c1-19(2)14-6-4-11(8-17-14)13-10-20-9-12(16(21)22-3)5-7-15(20)18-13/h4-10H,1-3H3. The fourth-order valence-electron chi connectivity index (χ4n) is 2.17. The van der Waals surface area contributed by atoms with Crippen LogP contribution in [-0.4, -0.2) is 41.5 Å². The minimum Gasteiger partial charge on any atom is -0.465 e. The molecule has 6 nitrogen and oxygen atoms in total. The highest BCUT2D eigenvalue weighted by Gasteiger charge is 2.09. The van der Waals surface area contributed by atoms with E-state index in [9.17, 15) is 4.79 Å². The van der Waals surface area contributed by atoms with Gasteiger partial charge in [-0.05, 0) is 24.3 Å². The minimum atomic E-state index is -0.367. The van der Waals surface area contributed by atoms with E-state index >= 15 is 0 Å². The van der Waals surface area contributed by atoms with Gasteiger partial charge in [-0.15, -0.1) is 0 Å². The molecule has 0 spiro atoms. The molecule has 3 aromatic rings. The van der Waals surface area contributed by atoms with E-state index in [0.717, 1.165) is 22.7 Å². The summed E-state index contributed by atoms with van der Waals surface area (Å²) in [5, 5.41) is 0. The SMILES string of the molecule is COC(=O)c1ccc2nc(-c3ccc(N(C)C)nc3)cn2c1. The third-order valence-electron chi connectivity index (χ3n) is 3.37. The summed E-state index contributed by atoms with van der Waals surface area (Å²) in [6, 6.07) is 7.41. The molecule has 0 fully saturated rings. The first-order chi connectivity index (χ1) is 10.6. The molecule has 0 aliphatic heterocycles. The van der Waals surface area contributed by atoms with Crippen LogP contribution in [0.2, 0.25) is 0 Å². The number of rotatable bonds is 3. The predicted octanol–water partition coefficient (Wildman–Crippen LogP) is 2.25. The molecule has 0 unspecified atom stereocenters. The van der Waals surface area contributed by atoms with E-state index in [0.29, 0.717) is 5.56 Å². The smallest absolute Gasteiger partial charge is 0.339 e. The molecule has 0 atom stereocenters. The molecule has 0 aliphatic carbocycles. The lowest BCUT2D eigenvalue weighted by atomic mass is 10.2. The largest absolute Gasteiger partial charge is 0.465 e. The number of anilines is 1. The van der Waals surface area contributed by atoms with Crippen molar-refractivity contribution in [3.8, 4) is 11.3 Å². The van der Waals surface area contributed by atoms with Gasteiger partial charge >= 0.3 is 5.97 Å². The molecule has 0 saturated heterocycles. The van der Waals surface area contributed by atoms with Crippen LogP contribution in [0.3, 0.4) is 0 Å². The number of aromatic nitrogens is 3. The Morgan fingerprint density at radius 1 is 1.18 bits per heavy atom. The topological polar surface area (TPSA) is 59.7 Å². The third kappa shape index (κ3) is 2.50. The quantitative estimate of drug-likeness (QED) is 0.694. The highest BCUT2D eigenvalue weighted by molar-refractivity contribution is 5.89. The van der Waals surface area contributed by atoms with Gasteiger partial charge in [0.2, 0.25) is 0 Å². The summed E-state index contributed by atoms with van der Waals surface area (Å²) in [6.45, 7) is 0. The molecule has 0 amide bonds. The van der Waals surface area contributed by atoms with E-state index in [4.69, 9.17) is 4.74 Å². The number of esters is 1. The van der Waals surface area contributed by atoms with E-state index in [-0.39, 0.29) is 5.97 Å². The lowest BCUT2D eigenvalue weighted by Crippen LogP contribution is -2.09. The summed E-state index contributed by atoms with van der Waals surface area (Å²) in [5.41, 5.74) is 2.98. The van der Waals surface area contributed by atoms with Crippen LogP contribution >= 0.6 is 0 Å². The van der Waals surface area contributed by atoms with E-state index in [1.165, 1.54) is 7.11 Å². The molecule has 0 bridgehead atoms. The Morgan fingerprint density at radius 2 is 2.00 bits per heavy atom. The van der Waals surface area contributed by atoms with E-state index in [1.54, 1.807) is 28.9 Å². The Morgan fingerprint density at radius 3 is 2.64 bits per heavy atom. The molecule has 0 radical (unpaired) electrons. The second-order valence-corrected chi connectivity index (χ2v) is 5.10. The Kier molecular flexibility index (Phi) is 3.50. The molecule has 0 saturated carbocycles. The van der Waals surface area contributed by atoms with Gasteiger partial charge in [0, 0.05) is 38.2 Å². The van der Waals surface area contributed by atoms with E-state index < -0.39 is 0 Å². The van der Waals surface area contributed by atoms with Gasteiger partial charge in [-0.1, -0.05) is 0 Å². The molecular formula is C16H16N4O2. The first kappa shape index (κ1) is 14.1. The number of hydrogen-bond acceptors (Lipinski definition) is 5. The fourth-order valence-corrected chi connectivity index (χ4v) is 2.17. The van der Waals surface area contributed by atoms with Crippen molar-refractivity contribution in [3.63, 3.8) is 0 Å². The number of pyridine rings is 2. The lowest BCUT2D eigenvalue weighted by Gasteiger charge is -2.10. The molecule has 112 valence electrons. The maximum atomic E-state index is 11.6. The van der Waals surface area contributed by atoms with Crippen LogP contribution in [0, 0.1) is 0 Å². The monoisotopic (exact) mass is 296 g/mol. The van der Waals surface area contributed by atoms with Crippen molar-refractivity contribution in [2.24, 2.45) is 0 Å². The lowest BCUT2D eigenvalue weighted by molar-refractivity contribution is 0.0600. The summed E-state index contributed by atoms with van der Waals surface area (Å²) in [6.07, 6.45) is 5.37. The number of methoxy groups -OCH3 is 1. The van der Waals surface area contributed by atoms with E-state index in [1.807, 2.05) is 37.3 Å². The number of carbonyl (C=O) groups is 1. The number of fused-ring (bicyclic) bond motifs is 1. The second kappa shape index (κ2) is 5.48. The highest BCUT2D eigenvalue weighted by atomic mass is 16.5. The number of hydrogen-bond donors (Lipinski definition) is 0. The Labute approximate surface area is 128 Å². The Bertz CT molecular complexity index is 822. The van der Waals surface area contributed by atoms with Gasteiger partial charge in [-0.2, -0.15) is 0 Å². The maximum Gasteiger partial charge on any atom is 0.339 e. The van der Waals surface area contributed by atoms with Crippen molar-refractivity contribution >= 4 is 17.4 Å². The zero-order valence-electron chi connectivity index (χ0n) is 12.6. The molecular weight excluding hydrogens is 280 g/mol. The summed E-state index contributed by atoms with van der Waals surface area (Å²) in [7, 11) is 5.26. The van der Waals surface area contributed by atoms with Crippen molar-refractivity contribution in [2.45, 2.75) is 0 Å². The molecule has 0 aromatic carbocycles. The molecule has 6 heteroatoms. The molecule has 3 rings (SSSR count). The summed E-state index contributed by atoms with van der Waals surface area (Å²) in [4.78, 5) is 22.4. The Balaban J connectivity index is 1.99. The van der Waals surface area contributed by atoms with Crippen molar-refractivity contribution in [1.29, 1.82) is 0 Å². The summed E-state index contributed by atoms with van der Waals surface area (Å²) in [5.74, 6) is 0.523. The van der Waals surface area contributed by atoms with Crippen molar-refractivity contribution in [3.05, 3.63) is 48.4 Å². The average Bonchev–Trinajstić information content (AvgIpc) is 2.97. The maximum absolute atomic E-state index is 11.6. The normalized spacial score (nSPS) is 10.7. The van der Waals surface area contributed by atoms with Gasteiger partial charge < -0.3 is 14.0 Å². The molecule has 3 heterocycles. The molecule has 0 N–H and O–H groups in total.